The van der Waals surface area contributed by atoms with Crippen molar-refractivity contribution in [2.75, 3.05) is 13.7 Å². The second kappa shape index (κ2) is 9.51. The summed E-state index contributed by atoms with van der Waals surface area (Å²) in [6, 6.07) is 9.78. The van der Waals surface area contributed by atoms with Gasteiger partial charge in [0, 0.05) is 18.4 Å². The number of hydrogen-bond acceptors (Lipinski definition) is 7. The van der Waals surface area contributed by atoms with Crippen LogP contribution in [0.1, 0.15) is 23.1 Å². The number of benzene rings is 2. The number of halogens is 1. The lowest BCUT2D eigenvalue weighted by Gasteiger charge is -2.36. The Morgan fingerprint density at radius 3 is 2.45 bits per heavy atom. The van der Waals surface area contributed by atoms with E-state index in [0.29, 0.717) is 11.3 Å². The standard InChI is InChI=1S/C21H25FO7/c1-27-14-4-2-12(3-5-14)6-16-17(22)7-13(10-23)8-19(16)29-21-20(26)18(25)9-15(11-24)28-21/h2-5,7-8,15,18,20-21,23-26H,6,9-11H2,1H3/t15-,18-,20+,21-/m0/s1. The van der Waals surface area contributed by atoms with Crippen LogP contribution in [0.2, 0.25) is 0 Å². The van der Waals surface area contributed by atoms with E-state index >= 15 is 0 Å². The maximum Gasteiger partial charge on any atom is 0.229 e. The molecular formula is C21H25FO7. The minimum absolute atomic E-state index is 0.0568. The van der Waals surface area contributed by atoms with Crippen molar-refractivity contribution in [1.29, 1.82) is 0 Å². The molecule has 0 unspecified atom stereocenters. The van der Waals surface area contributed by atoms with Gasteiger partial charge < -0.3 is 34.6 Å². The topological polar surface area (TPSA) is 109 Å². The fraction of sp³-hybridized carbons (Fsp3) is 0.429. The van der Waals surface area contributed by atoms with Gasteiger partial charge in [-0.1, -0.05) is 12.1 Å². The summed E-state index contributed by atoms with van der Waals surface area (Å²) in [5.74, 6) is 0.177. The highest BCUT2D eigenvalue weighted by atomic mass is 19.1. The van der Waals surface area contributed by atoms with Gasteiger partial charge in [-0.3, -0.25) is 0 Å². The summed E-state index contributed by atoms with van der Waals surface area (Å²) in [5.41, 5.74) is 1.30. The maximum absolute atomic E-state index is 14.8. The van der Waals surface area contributed by atoms with Gasteiger partial charge in [-0.2, -0.15) is 0 Å². The molecule has 3 rings (SSSR count). The molecule has 0 bridgehead atoms. The summed E-state index contributed by atoms with van der Waals surface area (Å²) in [4.78, 5) is 0. The molecule has 1 aliphatic rings. The summed E-state index contributed by atoms with van der Waals surface area (Å²) in [6.45, 7) is -0.751. The molecule has 7 nitrogen and oxygen atoms in total. The van der Waals surface area contributed by atoms with Crippen molar-refractivity contribution < 1.29 is 39.0 Å². The van der Waals surface area contributed by atoms with Crippen molar-refractivity contribution in [3.8, 4) is 11.5 Å². The Morgan fingerprint density at radius 1 is 1.10 bits per heavy atom. The molecule has 1 aliphatic heterocycles. The molecule has 158 valence electrons. The molecular weight excluding hydrogens is 383 g/mol. The summed E-state index contributed by atoms with van der Waals surface area (Å²) >= 11 is 0. The van der Waals surface area contributed by atoms with Crippen LogP contribution in [-0.4, -0.2) is 58.7 Å². The van der Waals surface area contributed by atoms with Crippen molar-refractivity contribution in [3.63, 3.8) is 0 Å². The molecule has 4 N–H and O–H groups in total. The fourth-order valence-electron chi connectivity index (χ4n) is 3.24. The fourth-order valence-corrected chi connectivity index (χ4v) is 3.24. The van der Waals surface area contributed by atoms with Gasteiger partial charge in [-0.25, -0.2) is 4.39 Å². The van der Waals surface area contributed by atoms with Gasteiger partial charge in [-0.15, -0.1) is 0 Å². The zero-order valence-corrected chi connectivity index (χ0v) is 16.0. The Bertz CT molecular complexity index is 811. The third kappa shape index (κ3) is 5.04. The van der Waals surface area contributed by atoms with Gasteiger partial charge in [-0.05, 0) is 35.4 Å². The van der Waals surface area contributed by atoms with Crippen LogP contribution in [0.15, 0.2) is 36.4 Å². The maximum atomic E-state index is 14.8. The molecule has 1 heterocycles. The summed E-state index contributed by atoms with van der Waals surface area (Å²) in [7, 11) is 1.55. The van der Waals surface area contributed by atoms with Crippen LogP contribution < -0.4 is 9.47 Å². The molecule has 4 atom stereocenters. The number of rotatable bonds is 7. The van der Waals surface area contributed by atoms with E-state index in [4.69, 9.17) is 14.2 Å². The van der Waals surface area contributed by atoms with E-state index in [0.717, 1.165) is 5.56 Å². The van der Waals surface area contributed by atoms with E-state index in [9.17, 15) is 24.8 Å². The lowest BCUT2D eigenvalue weighted by molar-refractivity contribution is -0.240. The van der Waals surface area contributed by atoms with Gasteiger partial charge >= 0.3 is 0 Å². The molecule has 0 saturated carbocycles. The molecule has 0 radical (unpaired) electrons. The summed E-state index contributed by atoms with van der Waals surface area (Å²) in [6.07, 6.45) is -4.28. The minimum atomic E-state index is -1.37. The molecule has 0 spiro atoms. The predicted molar refractivity (Wildman–Crippen MR) is 101 cm³/mol. The van der Waals surface area contributed by atoms with E-state index < -0.39 is 37.0 Å². The predicted octanol–water partition coefficient (Wildman–Crippen LogP) is 1.13. The first-order valence-corrected chi connectivity index (χ1v) is 9.29. The number of aliphatic hydroxyl groups is 4. The van der Waals surface area contributed by atoms with Crippen LogP contribution >= 0.6 is 0 Å². The zero-order chi connectivity index (χ0) is 21.0. The quantitative estimate of drug-likeness (QED) is 0.544. The smallest absolute Gasteiger partial charge is 0.229 e. The summed E-state index contributed by atoms with van der Waals surface area (Å²) in [5, 5.41) is 38.9. The first-order valence-electron chi connectivity index (χ1n) is 9.29. The van der Waals surface area contributed by atoms with Crippen molar-refractivity contribution in [2.45, 2.75) is 44.1 Å². The van der Waals surface area contributed by atoms with Crippen LogP contribution in [0.25, 0.3) is 0 Å². The van der Waals surface area contributed by atoms with Crippen LogP contribution in [0.4, 0.5) is 4.39 Å². The number of aliphatic hydroxyl groups excluding tert-OH is 4. The van der Waals surface area contributed by atoms with E-state index in [-0.39, 0.29) is 30.8 Å². The highest BCUT2D eigenvalue weighted by Crippen LogP contribution is 2.31. The molecule has 1 saturated heterocycles. The minimum Gasteiger partial charge on any atom is -0.497 e. The van der Waals surface area contributed by atoms with Crippen LogP contribution in [-0.2, 0) is 17.8 Å². The number of ether oxygens (including phenoxy) is 3. The van der Waals surface area contributed by atoms with Crippen molar-refractivity contribution in [2.24, 2.45) is 0 Å². The van der Waals surface area contributed by atoms with Gasteiger partial charge in [0.1, 0.15) is 23.4 Å². The zero-order valence-electron chi connectivity index (χ0n) is 16.0. The second-order valence-electron chi connectivity index (χ2n) is 6.96. The lowest BCUT2D eigenvalue weighted by Crippen LogP contribution is -2.51. The average molecular weight is 408 g/mol. The Kier molecular flexibility index (Phi) is 7.05. The number of methoxy groups -OCH3 is 1. The van der Waals surface area contributed by atoms with Gasteiger partial charge in [0.05, 0.1) is 32.5 Å². The van der Waals surface area contributed by atoms with E-state index in [2.05, 4.69) is 0 Å². The van der Waals surface area contributed by atoms with E-state index in [1.807, 2.05) is 0 Å². The van der Waals surface area contributed by atoms with E-state index in [1.165, 1.54) is 12.1 Å². The Balaban J connectivity index is 1.90. The molecule has 2 aromatic rings. The molecule has 1 fully saturated rings. The van der Waals surface area contributed by atoms with Crippen LogP contribution in [0, 0.1) is 5.82 Å². The lowest BCUT2D eigenvalue weighted by atomic mass is 10.0. The highest BCUT2D eigenvalue weighted by Gasteiger charge is 2.38. The molecule has 0 aromatic heterocycles. The first-order chi connectivity index (χ1) is 13.9. The molecule has 0 aliphatic carbocycles. The Labute approximate surface area is 167 Å². The molecule has 29 heavy (non-hydrogen) atoms. The Hall–Kier alpha value is -2.23. The van der Waals surface area contributed by atoms with Crippen molar-refractivity contribution >= 4 is 0 Å². The SMILES string of the molecule is COc1ccc(Cc2c(F)cc(CO)cc2O[C@@H]2O[C@H](CO)C[C@H](O)[C@H]2O)cc1. The Morgan fingerprint density at radius 2 is 1.83 bits per heavy atom. The molecule has 8 heteroatoms. The largest absolute Gasteiger partial charge is 0.497 e. The average Bonchev–Trinajstić information content (AvgIpc) is 2.73. The first kappa shape index (κ1) is 21.5. The molecule has 0 amide bonds. The summed E-state index contributed by atoms with van der Waals surface area (Å²) < 4.78 is 31.1. The third-order valence-electron chi connectivity index (χ3n) is 4.89. The van der Waals surface area contributed by atoms with Gasteiger partial charge in [0.15, 0.2) is 0 Å². The monoisotopic (exact) mass is 408 g/mol. The molecule has 2 aromatic carbocycles. The van der Waals surface area contributed by atoms with Crippen LogP contribution in [0.5, 0.6) is 11.5 Å². The number of hydrogen-bond donors (Lipinski definition) is 4. The normalized spacial score (nSPS) is 24.3. The van der Waals surface area contributed by atoms with Crippen LogP contribution in [0.3, 0.4) is 0 Å². The second-order valence-corrected chi connectivity index (χ2v) is 6.96. The van der Waals surface area contributed by atoms with Crippen molar-refractivity contribution in [3.05, 3.63) is 58.9 Å². The van der Waals surface area contributed by atoms with Gasteiger partial charge in [0.2, 0.25) is 6.29 Å². The highest BCUT2D eigenvalue weighted by molar-refractivity contribution is 5.42. The third-order valence-corrected chi connectivity index (χ3v) is 4.89. The van der Waals surface area contributed by atoms with E-state index in [1.54, 1.807) is 31.4 Å². The van der Waals surface area contributed by atoms with Crippen molar-refractivity contribution in [1.82, 2.24) is 0 Å². The van der Waals surface area contributed by atoms with Gasteiger partial charge in [0.25, 0.3) is 0 Å².